The van der Waals surface area contributed by atoms with Crippen LogP contribution in [0, 0.1) is 18.3 Å². The van der Waals surface area contributed by atoms with E-state index in [9.17, 15) is 4.79 Å². The molecule has 0 bridgehead atoms. The summed E-state index contributed by atoms with van der Waals surface area (Å²) in [5.41, 5.74) is 3.59. The maximum absolute atomic E-state index is 12.1. The summed E-state index contributed by atoms with van der Waals surface area (Å²) < 4.78 is 11.2. The molecule has 2 rings (SSSR count). The zero-order valence-electron chi connectivity index (χ0n) is 27.4. The fourth-order valence-corrected chi connectivity index (χ4v) is 4.52. The van der Waals surface area contributed by atoms with Crippen molar-refractivity contribution in [2.24, 2.45) is 5.92 Å². The van der Waals surface area contributed by atoms with Gasteiger partial charge in [-0.25, -0.2) is 4.79 Å². The van der Waals surface area contributed by atoms with Crippen LogP contribution in [-0.2, 0) is 20.3 Å². The van der Waals surface area contributed by atoms with E-state index in [0.29, 0.717) is 11.6 Å². The zero-order valence-corrected chi connectivity index (χ0v) is 27.4. The maximum Gasteiger partial charge on any atom is 0.412 e. The van der Waals surface area contributed by atoms with Gasteiger partial charge in [0.25, 0.3) is 0 Å². The SMILES string of the molecule is C#CC(/C=C\C(=C/C)NC(=C)OC(C)(C)C)C(C)(C)c1ccc(C(C)(C)c2ccc(NC(=O)OC(C)(C)C)cc2)cc1. The van der Waals surface area contributed by atoms with Crippen molar-refractivity contribution in [3.63, 3.8) is 0 Å². The van der Waals surface area contributed by atoms with E-state index in [1.54, 1.807) is 0 Å². The van der Waals surface area contributed by atoms with E-state index in [-0.39, 0.29) is 22.3 Å². The summed E-state index contributed by atoms with van der Waals surface area (Å²) in [4.78, 5) is 12.1. The van der Waals surface area contributed by atoms with Gasteiger partial charge in [0.2, 0.25) is 0 Å². The molecule has 1 unspecified atom stereocenters. The van der Waals surface area contributed by atoms with Crippen LogP contribution in [-0.4, -0.2) is 17.3 Å². The van der Waals surface area contributed by atoms with E-state index in [1.165, 1.54) is 5.56 Å². The number of anilines is 1. The van der Waals surface area contributed by atoms with Gasteiger partial charge in [0.1, 0.15) is 11.2 Å². The lowest BCUT2D eigenvalue weighted by molar-refractivity contribution is 0.0443. The molecular formula is C37H50N2O3. The average Bonchev–Trinajstić information content (AvgIpc) is 2.86. The molecule has 42 heavy (non-hydrogen) atoms. The lowest BCUT2D eigenvalue weighted by atomic mass is 9.72. The van der Waals surface area contributed by atoms with Gasteiger partial charge in [-0.3, -0.25) is 5.32 Å². The van der Waals surface area contributed by atoms with Gasteiger partial charge in [0.05, 0.1) is 0 Å². The summed E-state index contributed by atoms with van der Waals surface area (Å²) in [6, 6.07) is 16.6. The second kappa shape index (κ2) is 13.4. The fraction of sp³-hybridized carbons (Fsp3) is 0.432. The van der Waals surface area contributed by atoms with Gasteiger partial charge in [0.15, 0.2) is 5.88 Å². The molecule has 2 N–H and O–H groups in total. The third-order valence-corrected chi connectivity index (χ3v) is 7.05. The van der Waals surface area contributed by atoms with Crippen molar-refractivity contribution in [1.82, 2.24) is 5.32 Å². The van der Waals surface area contributed by atoms with Gasteiger partial charge in [-0.15, -0.1) is 6.42 Å². The van der Waals surface area contributed by atoms with Crippen molar-refractivity contribution in [2.45, 2.75) is 98.2 Å². The third kappa shape index (κ3) is 9.87. The van der Waals surface area contributed by atoms with Crippen LogP contribution in [0.2, 0.25) is 0 Å². The van der Waals surface area contributed by atoms with Gasteiger partial charge in [0, 0.05) is 28.1 Å². The molecule has 0 radical (unpaired) electrons. The minimum absolute atomic E-state index is 0.144. The lowest BCUT2D eigenvalue weighted by Crippen LogP contribution is -2.27. The Hall–Kier alpha value is -3.91. The topological polar surface area (TPSA) is 59.6 Å². The minimum Gasteiger partial charge on any atom is -0.474 e. The average molecular weight is 571 g/mol. The van der Waals surface area contributed by atoms with E-state index in [1.807, 2.05) is 84.9 Å². The smallest absolute Gasteiger partial charge is 0.412 e. The molecule has 0 aliphatic rings. The number of rotatable bonds is 10. The summed E-state index contributed by atoms with van der Waals surface area (Å²) in [5, 5.41) is 6.01. The largest absolute Gasteiger partial charge is 0.474 e. The Morgan fingerprint density at radius 3 is 1.76 bits per heavy atom. The number of terminal acetylenes is 1. The quantitative estimate of drug-likeness (QED) is 0.170. The number of ether oxygens (including phenoxy) is 2. The Morgan fingerprint density at radius 2 is 1.31 bits per heavy atom. The molecule has 5 heteroatoms. The van der Waals surface area contributed by atoms with Crippen molar-refractivity contribution in [2.75, 3.05) is 5.32 Å². The number of nitrogens with one attached hydrogen (secondary N) is 2. The second-order valence-corrected chi connectivity index (χ2v) is 13.6. The molecule has 0 saturated carbocycles. The van der Waals surface area contributed by atoms with Gasteiger partial charge in [-0.2, -0.15) is 0 Å². The lowest BCUT2D eigenvalue weighted by Gasteiger charge is -2.32. The molecule has 0 saturated heterocycles. The van der Waals surface area contributed by atoms with Crippen LogP contribution < -0.4 is 10.6 Å². The number of carbonyl (C=O) groups is 1. The van der Waals surface area contributed by atoms with Crippen LogP contribution in [0.4, 0.5) is 10.5 Å². The minimum atomic E-state index is -0.549. The number of amides is 1. The summed E-state index contributed by atoms with van der Waals surface area (Å²) in [5.74, 6) is 3.33. The highest BCUT2D eigenvalue weighted by Gasteiger charge is 2.30. The standard InChI is InChI=1S/C37H50N2O3/c1-14-27(20-23-31(15-2)38-26(3)41-34(4,5)6)36(10,11)28-16-18-29(19-17-28)37(12,13)30-21-24-32(25-22-30)39-33(40)42-35(7,8)9/h1,15-25,27,38H,3H2,2,4-13H3,(H,39,40)/b23-20-,31-15+. The molecule has 1 amide bonds. The summed E-state index contributed by atoms with van der Waals surface area (Å²) in [7, 11) is 0. The molecule has 0 aliphatic heterocycles. The summed E-state index contributed by atoms with van der Waals surface area (Å²) in [6.45, 7) is 26.1. The number of benzene rings is 2. The number of hydrogen-bond acceptors (Lipinski definition) is 4. The van der Waals surface area contributed by atoms with E-state index >= 15 is 0 Å². The maximum atomic E-state index is 12.1. The Labute approximate surface area is 254 Å². The number of hydrogen-bond donors (Lipinski definition) is 2. The van der Waals surface area contributed by atoms with Crippen molar-refractivity contribution >= 4 is 11.8 Å². The van der Waals surface area contributed by atoms with Crippen LogP contribution in [0.3, 0.4) is 0 Å². The Kier molecular flexibility index (Phi) is 10.9. The molecule has 2 aromatic rings. The van der Waals surface area contributed by atoms with Crippen molar-refractivity contribution in [3.05, 3.63) is 102 Å². The van der Waals surface area contributed by atoms with Crippen molar-refractivity contribution in [3.8, 4) is 12.3 Å². The van der Waals surface area contributed by atoms with Crippen LogP contribution in [0.5, 0.6) is 0 Å². The second-order valence-electron chi connectivity index (χ2n) is 13.6. The molecule has 226 valence electrons. The molecule has 0 aromatic heterocycles. The van der Waals surface area contributed by atoms with Crippen molar-refractivity contribution in [1.29, 1.82) is 0 Å². The predicted octanol–water partition coefficient (Wildman–Crippen LogP) is 9.22. The first-order valence-electron chi connectivity index (χ1n) is 14.5. The van der Waals surface area contributed by atoms with E-state index in [4.69, 9.17) is 15.9 Å². The highest BCUT2D eigenvalue weighted by Crippen LogP contribution is 2.36. The number of allylic oxidation sites excluding steroid dienone is 3. The van der Waals surface area contributed by atoms with Gasteiger partial charge in [-0.05, 0) is 89.9 Å². The zero-order chi connectivity index (χ0) is 31.9. The van der Waals surface area contributed by atoms with E-state index < -0.39 is 11.7 Å². The molecule has 0 fully saturated rings. The molecule has 5 nitrogen and oxygen atoms in total. The van der Waals surface area contributed by atoms with Gasteiger partial charge in [-0.1, -0.05) is 82.2 Å². The van der Waals surface area contributed by atoms with Gasteiger partial charge >= 0.3 is 6.09 Å². The first-order chi connectivity index (χ1) is 19.3. The van der Waals surface area contributed by atoms with Crippen molar-refractivity contribution < 1.29 is 14.3 Å². The Balaban J connectivity index is 2.18. The van der Waals surface area contributed by atoms with Crippen LogP contribution >= 0.6 is 0 Å². The number of carbonyl (C=O) groups excluding carboxylic acids is 1. The summed E-state index contributed by atoms with van der Waals surface area (Å²) in [6.07, 6.45) is 11.6. The van der Waals surface area contributed by atoms with Crippen LogP contribution in [0.1, 0.15) is 92.9 Å². The van der Waals surface area contributed by atoms with E-state index in [2.05, 4.69) is 81.2 Å². The third-order valence-electron chi connectivity index (χ3n) is 7.05. The molecular weight excluding hydrogens is 520 g/mol. The fourth-order valence-electron chi connectivity index (χ4n) is 4.52. The predicted molar refractivity (Wildman–Crippen MR) is 176 cm³/mol. The van der Waals surface area contributed by atoms with Crippen LogP contribution in [0.15, 0.2) is 84.9 Å². The van der Waals surface area contributed by atoms with Gasteiger partial charge < -0.3 is 14.8 Å². The normalized spacial score (nSPS) is 13.7. The molecule has 0 aliphatic carbocycles. The van der Waals surface area contributed by atoms with Crippen LogP contribution in [0.25, 0.3) is 0 Å². The summed E-state index contributed by atoms with van der Waals surface area (Å²) >= 11 is 0. The first kappa shape index (κ1) is 34.3. The first-order valence-corrected chi connectivity index (χ1v) is 14.5. The Bertz CT molecular complexity index is 1320. The highest BCUT2D eigenvalue weighted by molar-refractivity contribution is 5.84. The monoisotopic (exact) mass is 570 g/mol. The van der Waals surface area contributed by atoms with E-state index in [0.717, 1.165) is 16.8 Å². The highest BCUT2D eigenvalue weighted by atomic mass is 16.6. The molecule has 0 spiro atoms. The molecule has 1 atom stereocenters. The molecule has 2 aromatic carbocycles. The molecule has 0 heterocycles. The Morgan fingerprint density at radius 1 is 0.833 bits per heavy atom.